The monoisotopic (exact) mass is 480 g/mol. The summed E-state index contributed by atoms with van der Waals surface area (Å²) in [6.45, 7) is 21.3. The Morgan fingerprint density at radius 2 is 1.13 bits per heavy atom. The molecule has 0 radical (unpaired) electrons. The highest BCUT2D eigenvalue weighted by Crippen LogP contribution is 2.34. The van der Waals surface area contributed by atoms with Crippen LogP contribution in [0.5, 0.6) is 0 Å². The zero-order valence-corrected chi connectivity index (χ0v) is 23.4. The van der Waals surface area contributed by atoms with Crippen LogP contribution < -0.4 is 0 Å². The van der Waals surface area contributed by atoms with Crippen molar-refractivity contribution in [1.29, 1.82) is 0 Å². The van der Waals surface area contributed by atoms with Crippen LogP contribution in [0.25, 0.3) is 0 Å². The molecular weight excluding hydrogens is 440 g/mol. The highest BCUT2D eigenvalue weighted by atomic mass is 28.4. The first-order chi connectivity index (χ1) is 13.4. The Labute approximate surface area is 184 Å². The van der Waals surface area contributed by atoms with Gasteiger partial charge in [-0.1, -0.05) is 0 Å². The lowest BCUT2D eigenvalue weighted by atomic mass is 9.99. The van der Waals surface area contributed by atoms with Crippen LogP contribution in [-0.2, 0) is 37.1 Å². The molecule has 0 unspecified atom stereocenters. The average Bonchev–Trinajstić information content (AvgIpc) is 2.47. The van der Waals surface area contributed by atoms with Gasteiger partial charge in [-0.15, -0.1) is 0 Å². The molecule has 1 fully saturated rings. The molecule has 1 rings (SSSR count). The summed E-state index contributed by atoms with van der Waals surface area (Å²) in [7, 11) is -6.16. The van der Waals surface area contributed by atoms with Crippen molar-refractivity contribution >= 4 is 36.9 Å². The van der Waals surface area contributed by atoms with Gasteiger partial charge >= 0.3 is 11.9 Å². The molecule has 0 aliphatic carbocycles. The quantitative estimate of drug-likeness (QED) is 0.366. The minimum atomic E-state index is -2.07. The third-order valence-electron chi connectivity index (χ3n) is 3.79. The van der Waals surface area contributed by atoms with Crippen molar-refractivity contribution in [3.05, 3.63) is 0 Å². The lowest BCUT2D eigenvalue weighted by Crippen LogP contribution is -2.66. The maximum absolute atomic E-state index is 11.8. The van der Waals surface area contributed by atoms with Crippen molar-refractivity contribution in [2.24, 2.45) is 0 Å². The lowest BCUT2D eigenvalue weighted by Gasteiger charge is -2.50. The van der Waals surface area contributed by atoms with Gasteiger partial charge < -0.3 is 27.5 Å². The molecule has 8 nitrogen and oxygen atoms in total. The fraction of sp³-hybridized carbons (Fsp3) is 0.895. The Kier molecular flexibility index (Phi) is 9.49. The van der Waals surface area contributed by atoms with Crippen molar-refractivity contribution in [3.8, 4) is 0 Å². The number of ether oxygens (including phenoxy) is 3. The van der Waals surface area contributed by atoms with Gasteiger partial charge in [0.25, 0.3) is 0 Å². The Balaban J connectivity index is 3.44. The van der Waals surface area contributed by atoms with E-state index in [9.17, 15) is 9.59 Å². The summed E-state index contributed by atoms with van der Waals surface area (Å²) < 4.78 is 36.4. The van der Waals surface area contributed by atoms with Crippen molar-refractivity contribution in [3.63, 3.8) is 0 Å². The smallest absolute Gasteiger partial charge is 0.305 e. The Hall–Kier alpha value is -0.569. The molecule has 0 aromatic rings. The molecule has 0 spiro atoms. The predicted molar refractivity (Wildman–Crippen MR) is 122 cm³/mol. The number of carbonyl (C=O) groups excluding carboxylic acids is 2. The molecule has 176 valence electrons. The number of rotatable bonds is 9. The zero-order valence-electron chi connectivity index (χ0n) is 20.4. The fourth-order valence-electron chi connectivity index (χ4n) is 3.10. The molecule has 0 saturated carbocycles. The first-order valence-electron chi connectivity index (χ1n) is 10.4. The van der Waals surface area contributed by atoms with E-state index in [0.717, 1.165) is 0 Å². The fourth-order valence-corrected chi connectivity index (χ4v) is 6.35. The van der Waals surface area contributed by atoms with Crippen LogP contribution in [0.4, 0.5) is 0 Å². The molecule has 11 heteroatoms. The van der Waals surface area contributed by atoms with Gasteiger partial charge in [-0.3, -0.25) is 9.59 Å². The van der Waals surface area contributed by atoms with E-state index in [1.807, 2.05) is 0 Å². The molecule has 0 N–H and O–H groups in total. The Bertz CT molecular complexity index is 594. The Morgan fingerprint density at radius 1 is 0.700 bits per heavy atom. The topological polar surface area (TPSA) is 89.5 Å². The third kappa shape index (κ3) is 10.2. The molecule has 30 heavy (non-hydrogen) atoms. The molecule has 0 bridgehead atoms. The summed E-state index contributed by atoms with van der Waals surface area (Å²) in [6.07, 6.45) is -3.29. The molecular formula is C19H40O8Si3. The van der Waals surface area contributed by atoms with Gasteiger partial charge in [0.2, 0.25) is 6.29 Å². The van der Waals surface area contributed by atoms with Crippen LogP contribution in [-0.4, -0.2) is 74.2 Å². The summed E-state index contributed by atoms with van der Waals surface area (Å²) >= 11 is 0. The van der Waals surface area contributed by atoms with Gasteiger partial charge in [-0.05, 0) is 58.9 Å². The second-order valence-electron chi connectivity index (χ2n) is 10.5. The van der Waals surface area contributed by atoms with Crippen molar-refractivity contribution < 1.29 is 37.1 Å². The molecule has 0 amide bonds. The van der Waals surface area contributed by atoms with Crippen molar-refractivity contribution in [1.82, 2.24) is 0 Å². The zero-order chi connectivity index (χ0) is 23.5. The highest BCUT2D eigenvalue weighted by Gasteiger charge is 2.53. The van der Waals surface area contributed by atoms with Crippen LogP contribution in [0, 0.1) is 0 Å². The van der Waals surface area contributed by atoms with Crippen LogP contribution in [0.15, 0.2) is 0 Å². The number of hydrogen-bond acceptors (Lipinski definition) is 8. The summed E-state index contributed by atoms with van der Waals surface area (Å²) in [4.78, 5) is 23.3. The van der Waals surface area contributed by atoms with Gasteiger partial charge in [0, 0.05) is 13.8 Å². The van der Waals surface area contributed by atoms with Crippen LogP contribution in [0.3, 0.4) is 0 Å². The van der Waals surface area contributed by atoms with E-state index in [-0.39, 0.29) is 6.61 Å². The summed E-state index contributed by atoms with van der Waals surface area (Å²) in [5.41, 5.74) is 0. The number of hydrogen-bond donors (Lipinski definition) is 0. The normalized spacial score (nSPS) is 28.2. The molecule has 1 aliphatic rings. The largest absolute Gasteiger partial charge is 0.463 e. The molecule has 1 saturated heterocycles. The molecule has 5 atom stereocenters. The van der Waals surface area contributed by atoms with E-state index >= 15 is 0 Å². The second-order valence-corrected chi connectivity index (χ2v) is 23.9. The summed E-state index contributed by atoms with van der Waals surface area (Å²) in [6, 6.07) is 0. The summed E-state index contributed by atoms with van der Waals surface area (Å²) in [5, 5.41) is 0. The first kappa shape index (κ1) is 27.5. The van der Waals surface area contributed by atoms with Crippen LogP contribution in [0.1, 0.15) is 13.8 Å². The van der Waals surface area contributed by atoms with E-state index in [4.69, 9.17) is 27.5 Å². The van der Waals surface area contributed by atoms with Gasteiger partial charge in [0.15, 0.2) is 25.0 Å². The minimum absolute atomic E-state index is 0.0204. The van der Waals surface area contributed by atoms with Gasteiger partial charge in [-0.2, -0.15) is 0 Å². The van der Waals surface area contributed by atoms with Gasteiger partial charge in [-0.25, -0.2) is 0 Å². The highest BCUT2D eigenvalue weighted by molar-refractivity contribution is 6.70. The first-order valence-corrected chi connectivity index (χ1v) is 20.6. The van der Waals surface area contributed by atoms with E-state index in [0.29, 0.717) is 0 Å². The molecule has 0 aromatic carbocycles. The second kappa shape index (κ2) is 10.4. The molecule has 1 heterocycles. The third-order valence-corrected chi connectivity index (χ3v) is 6.73. The van der Waals surface area contributed by atoms with E-state index in [1.165, 1.54) is 13.8 Å². The molecule has 0 aromatic heterocycles. The van der Waals surface area contributed by atoms with Crippen molar-refractivity contribution in [2.45, 2.75) is 103 Å². The van der Waals surface area contributed by atoms with Gasteiger partial charge in [0.1, 0.15) is 31.0 Å². The SMILES string of the molecule is CC(=O)OC[C@H]1O[C@@H](OC(C)=O)[C@H](O[Si](C)(C)C)[C@@H](O[Si](C)(C)C)[C@H]1O[Si](C)(C)C. The predicted octanol–water partition coefficient (Wildman–Crippen LogP) is 3.50. The standard InChI is InChI=1S/C19H40O8Si3/c1-13(20)22-12-15-16(25-28(3,4)5)17(26-29(6,7)8)18(27-30(9,10)11)19(24-15)23-14(2)21/h15-19H,12H2,1-11H3/t15-,16+,17+,18-,19-/m1/s1. The van der Waals surface area contributed by atoms with Crippen molar-refractivity contribution in [2.75, 3.05) is 6.61 Å². The minimum Gasteiger partial charge on any atom is -0.463 e. The maximum atomic E-state index is 11.8. The average molecular weight is 481 g/mol. The van der Waals surface area contributed by atoms with Crippen LogP contribution in [0.2, 0.25) is 58.9 Å². The Morgan fingerprint density at radius 3 is 1.53 bits per heavy atom. The summed E-state index contributed by atoms with van der Waals surface area (Å²) in [5.74, 6) is -0.899. The number of esters is 2. The van der Waals surface area contributed by atoms with E-state index in [2.05, 4.69) is 58.9 Å². The maximum Gasteiger partial charge on any atom is 0.305 e. The van der Waals surface area contributed by atoms with Crippen LogP contribution >= 0.6 is 0 Å². The van der Waals surface area contributed by atoms with E-state index < -0.39 is 67.6 Å². The van der Waals surface area contributed by atoms with Gasteiger partial charge in [0.05, 0.1) is 0 Å². The lowest BCUT2D eigenvalue weighted by molar-refractivity contribution is -0.283. The number of carbonyl (C=O) groups is 2. The van der Waals surface area contributed by atoms with E-state index in [1.54, 1.807) is 0 Å². The molecule has 1 aliphatic heterocycles.